The highest BCUT2D eigenvalue weighted by Gasteiger charge is 2.04. The Morgan fingerprint density at radius 2 is 2.47 bits per heavy atom. The van der Waals surface area contributed by atoms with Crippen LogP contribution in [0.2, 0.25) is 5.02 Å². The number of carbonyl (C=O) groups excluding carboxylic acids is 1. The van der Waals surface area contributed by atoms with Gasteiger partial charge in [0.15, 0.2) is 0 Å². The molecule has 0 saturated heterocycles. The first-order valence-electron chi connectivity index (χ1n) is 4.75. The van der Waals surface area contributed by atoms with Gasteiger partial charge in [0.2, 0.25) is 5.91 Å². The molecule has 15 heavy (non-hydrogen) atoms. The van der Waals surface area contributed by atoms with E-state index in [-0.39, 0.29) is 11.9 Å². The molecule has 1 amide bonds. The maximum absolute atomic E-state index is 11.4. The molecule has 0 aromatic carbocycles. The molecule has 0 fully saturated rings. The molecule has 1 atom stereocenters. The van der Waals surface area contributed by atoms with Gasteiger partial charge in [-0.3, -0.25) is 4.79 Å². The van der Waals surface area contributed by atoms with E-state index in [1.54, 1.807) is 18.3 Å². The van der Waals surface area contributed by atoms with Crippen LogP contribution in [-0.4, -0.2) is 16.9 Å². The monoisotopic (exact) mass is 227 g/mol. The zero-order valence-electron chi connectivity index (χ0n) is 8.53. The summed E-state index contributed by atoms with van der Waals surface area (Å²) in [6.45, 7) is 1.87. The molecular weight excluding hydrogens is 214 g/mol. The Bertz CT molecular complexity index is 341. The van der Waals surface area contributed by atoms with Gasteiger partial charge in [-0.25, -0.2) is 4.98 Å². The normalized spacial score (nSPS) is 12.2. The van der Waals surface area contributed by atoms with Crippen molar-refractivity contribution in [2.24, 2.45) is 5.73 Å². The van der Waals surface area contributed by atoms with E-state index in [9.17, 15) is 4.79 Å². The Balaban J connectivity index is 2.44. The first-order valence-corrected chi connectivity index (χ1v) is 5.12. The van der Waals surface area contributed by atoms with Gasteiger partial charge in [-0.2, -0.15) is 0 Å². The summed E-state index contributed by atoms with van der Waals surface area (Å²) in [5.74, 6) is 0.374. The lowest BCUT2D eigenvalue weighted by molar-refractivity contribution is -0.116. The molecule has 0 saturated carbocycles. The van der Waals surface area contributed by atoms with Crippen molar-refractivity contribution in [1.82, 2.24) is 4.98 Å². The number of nitrogens with one attached hydrogen (secondary N) is 1. The lowest BCUT2D eigenvalue weighted by atomic mass is 10.2. The molecule has 5 heteroatoms. The maximum atomic E-state index is 11.4. The van der Waals surface area contributed by atoms with E-state index in [2.05, 4.69) is 10.3 Å². The molecule has 4 nitrogen and oxygen atoms in total. The number of nitrogens with two attached hydrogens (primary N) is 1. The van der Waals surface area contributed by atoms with Crippen LogP contribution in [0.1, 0.15) is 19.8 Å². The topological polar surface area (TPSA) is 68.0 Å². The Labute approximate surface area is 93.8 Å². The predicted octanol–water partition coefficient (Wildman–Crippen LogP) is 1.80. The van der Waals surface area contributed by atoms with Crippen molar-refractivity contribution in [3.05, 3.63) is 23.4 Å². The minimum atomic E-state index is -0.0953. The molecule has 0 spiro atoms. The predicted molar refractivity (Wildman–Crippen MR) is 60.8 cm³/mol. The highest BCUT2D eigenvalue weighted by Crippen LogP contribution is 2.12. The van der Waals surface area contributed by atoms with Crippen molar-refractivity contribution in [2.75, 3.05) is 5.32 Å². The van der Waals surface area contributed by atoms with Crippen LogP contribution >= 0.6 is 11.6 Å². The van der Waals surface area contributed by atoms with Crippen molar-refractivity contribution < 1.29 is 4.79 Å². The van der Waals surface area contributed by atoms with Gasteiger partial charge in [-0.1, -0.05) is 11.6 Å². The zero-order chi connectivity index (χ0) is 11.3. The van der Waals surface area contributed by atoms with Crippen LogP contribution in [0, 0.1) is 0 Å². The fourth-order valence-electron chi connectivity index (χ4n) is 1.04. The van der Waals surface area contributed by atoms with Gasteiger partial charge in [-0.05, 0) is 25.5 Å². The lowest BCUT2D eigenvalue weighted by Gasteiger charge is -2.06. The van der Waals surface area contributed by atoms with Crippen LogP contribution in [0.4, 0.5) is 5.82 Å². The molecule has 1 rings (SSSR count). The first-order chi connectivity index (χ1) is 7.08. The Morgan fingerprint density at radius 1 is 1.73 bits per heavy atom. The van der Waals surface area contributed by atoms with Crippen LogP contribution in [0.25, 0.3) is 0 Å². The minimum Gasteiger partial charge on any atom is -0.328 e. The summed E-state index contributed by atoms with van der Waals surface area (Å²) in [5, 5.41) is 3.20. The number of nitrogens with zero attached hydrogens (tertiary/aromatic N) is 1. The van der Waals surface area contributed by atoms with Gasteiger partial charge in [0.1, 0.15) is 5.82 Å². The van der Waals surface area contributed by atoms with Crippen molar-refractivity contribution in [3.63, 3.8) is 0 Å². The molecule has 0 aliphatic rings. The molecule has 0 bridgehead atoms. The third-order valence-corrected chi connectivity index (χ3v) is 2.05. The number of anilines is 1. The molecule has 0 aliphatic heterocycles. The molecular formula is C10H14ClN3O. The van der Waals surface area contributed by atoms with E-state index in [4.69, 9.17) is 17.3 Å². The fraction of sp³-hybridized carbons (Fsp3) is 0.400. The van der Waals surface area contributed by atoms with Gasteiger partial charge in [0.05, 0.1) is 0 Å². The summed E-state index contributed by atoms with van der Waals surface area (Å²) in [4.78, 5) is 15.3. The molecule has 1 heterocycles. The van der Waals surface area contributed by atoms with Crippen molar-refractivity contribution in [1.29, 1.82) is 0 Å². The van der Waals surface area contributed by atoms with Crippen molar-refractivity contribution in [2.45, 2.75) is 25.8 Å². The van der Waals surface area contributed by atoms with E-state index in [1.165, 1.54) is 0 Å². The summed E-state index contributed by atoms with van der Waals surface area (Å²) in [6.07, 6.45) is 2.60. The minimum absolute atomic E-state index is 0.0306. The van der Waals surface area contributed by atoms with Crippen LogP contribution in [0.3, 0.4) is 0 Å². The van der Waals surface area contributed by atoms with Crippen LogP contribution in [0.5, 0.6) is 0 Å². The number of amides is 1. The summed E-state index contributed by atoms with van der Waals surface area (Å²) in [5.41, 5.74) is 5.54. The largest absolute Gasteiger partial charge is 0.328 e. The van der Waals surface area contributed by atoms with Crippen LogP contribution in [0.15, 0.2) is 18.3 Å². The van der Waals surface area contributed by atoms with E-state index in [1.807, 2.05) is 6.92 Å². The summed E-state index contributed by atoms with van der Waals surface area (Å²) in [7, 11) is 0. The molecule has 0 aliphatic carbocycles. The molecule has 82 valence electrons. The third kappa shape index (κ3) is 4.76. The zero-order valence-corrected chi connectivity index (χ0v) is 9.29. The Kier molecular flexibility index (Phi) is 4.52. The molecule has 1 aromatic rings. The number of rotatable bonds is 4. The van der Waals surface area contributed by atoms with Crippen LogP contribution < -0.4 is 11.1 Å². The second-order valence-corrected chi connectivity index (χ2v) is 3.86. The van der Waals surface area contributed by atoms with Crippen molar-refractivity contribution >= 4 is 23.3 Å². The van der Waals surface area contributed by atoms with E-state index in [0.717, 1.165) is 0 Å². The number of hydrogen-bond donors (Lipinski definition) is 2. The quantitative estimate of drug-likeness (QED) is 0.824. The SMILES string of the molecule is CC(N)CCC(=O)Nc1cc(Cl)ccn1. The molecule has 1 unspecified atom stereocenters. The van der Waals surface area contributed by atoms with Crippen molar-refractivity contribution in [3.8, 4) is 0 Å². The highest BCUT2D eigenvalue weighted by atomic mass is 35.5. The average Bonchev–Trinajstić information content (AvgIpc) is 2.15. The number of halogens is 1. The fourth-order valence-corrected chi connectivity index (χ4v) is 1.20. The number of hydrogen-bond acceptors (Lipinski definition) is 3. The Morgan fingerprint density at radius 3 is 3.07 bits per heavy atom. The first kappa shape index (κ1) is 11.9. The average molecular weight is 228 g/mol. The summed E-state index contributed by atoms with van der Waals surface area (Å²) < 4.78 is 0. The number of carbonyl (C=O) groups is 1. The van der Waals surface area contributed by atoms with Crippen LogP contribution in [-0.2, 0) is 4.79 Å². The summed E-state index contributed by atoms with van der Waals surface area (Å²) >= 11 is 5.74. The Hall–Kier alpha value is -1.13. The number of aromatic nitrogens is 1. The second kappa shape index (κ2) is 5.68. The van der Waals surface area contributed by atoms with E-state index >= 15 is 0 Å². The van der Waals surface area contributed by atoms with E-state index < -0.39 is 0 Å². The lowest BCUT2D eigenvalue weighted by Crippen LogP contribution is -2.19. The highest BCUT2D eigenvalue weighted by molar-refractivity contribution is 6.30. The second-order valence-electron chi connectivity index (χ2n) is 3.42. The standard InChI is InChI=1S/C10H14ClN3O/c1-7(12)2-3-10(15)14-9-6-8(11)4-5-13-9/h4-7H,2-3,12H2,1H3,(H,13,14,15). The maximum Gasteiger partial charge on any atom is 0.225 e. The smallest absolute Gasteiger partial charge is 0.225 e. The van der Waals surface area contributed by atoms with Gasteiger partial charge in [0, 0.05) is 23.7 Å². The molecule has 1 aromatic heterocycles. The van der Waals surface area contributed by atoms with Gasteiger partial charge in [0.25, 0.3) is 0 Å². The summed E-state index contributed by atoms with van der Waals surface area (Å²) in [6, 6.07) is 3.29. The molecule has 0 radical (unpaired) electrons. The van der Waals surface area contributed by atoms with Gasteiger partial charge in [-0.15, -0.1) is 0 Å². The van der Waals surface area contributed by atoms with Gasteiger partial charge >= 0.3 is 0 Å². The number of pyridine rings is 1. The van der Waals surface area contributed by atoms with E-state index in [0.29, 0.717) is 23.7 Å². The third-order valence-electron chi connectivity index (χ3n) is 1.82. The molecule has 3 N–H and O–H groups in total. The van der Waals surface area contributed by atoms with Gasteiger partial charge < -0.3 is 11.1 Å².